The highest BCUT2D eigenvalue weighted by molar-refractivity contribution is 5.26. The minimum atomic E-state index is 0.656. The summed E-state index contributed by atoms with van der Waals surface area (Å²) in [6.07, 6.45) is 9.42. The molecule has 25 heavy (non-hydrogen) atoms. The molecule has 0 saturated carbocycles. The van der Waals surface area contributed by atoms with Gasteiger partial charge in [0.2, 0.25) is 5.95 Å². The maximum Gasteiger partial charge on any atom is 0.222 e. The molecule has 2 aliphatic rings. The van der Waals surface area contributed by atoms with Crippen molar-refractivity contribution in [1.82, 2.24) is 29.3 Å². The molecule has 0 atom stereocenters. The predicted molar refractivity (Wildman–Crippen MR) is 97.2 cm³/mol. The van der Waals surface area contributed by atoms with E-state index in [2.05, 4.69) is 34.6 Å². The number of hydrogen-bond acceptors (Lipinski definition) is 6. The zero-order chi connectivity index (χ0) is 16.9. The summed E-state index contributed by atoms with van der Waals surface area (Å²) >= 11 is 0. The molecule has 2 aromatic heterocycles. The fraction of sp³-hybridized carbons (Fsp3) is 0.611. The molecule has 2 aliphatic heterocycles. The summed E-state index contributed by atoms with van der Waals surface area (Å²) in [6.45, 7) is 8.79. The quantitative estimate of drug-likeness (QED) is 0.861. The van der Waals surface area contributed by atoms with Crippen molar-refractivity contribution in [1.29, 1.82) is 0 Å². The number of hydrogen-bond donors (Lipinski definition) is 1. The number of likely N-dealkylation sites (tertiary alicyclic amines) is 1. The van der Waals surface area contributed by atoms with E-state index < -0.39 is 0 Å². The molecule has 4 rings (SSSR count). The number of nitrogens with zero attached hydrogens (tertiary/aromatic N) is 6. The SMILES string of the molecule is c1cnc(NCc2ncn3c2CN(CCN2CCCC2)CCC3)nc1. The summed E-state index contributed by atoms with van der Waals surface area (Å²) in [4.78, 5) is 18.3. The fourth-order valence-corrected chi connectivity index (χ4v) is 3.76. The number of aryl methyl sites for hydroxylation is 1. The van der Waals surface area contributed by atoms with Crippen molar-refractivity contribution in [2.24, 2.45) is 0 Å². The Morgan fingerprint density at radius 2 is 1.64 bits per heavy atom. The molecule has 0 unspecified atom stereocenters. The van der Waals surface area contributed by atoms with Crippen LogP contribution in [-0.2, 0) is 19.6 Å². The van der Waals surface area contributed by atoms with Crippen LogP contribution in [0.3, 0.4) is 0 Å². The standard InChI is InChI=1S/C18H27N7/c1-2-8-23(7-1)11-12-24-9-4-10-25-15-22-16(17(25)14-24)13-21-18-19-5-3-6-20-18/h3,5-6,15H,1-2,4,7-14H2,(H,19,20,21). The Balaban J connectivity index is 1.38. The molecule has 0 bridgehead atoms. The van der Waals surface area contributed by atoms with Gasteiger partial charge < -0.3 is 14.8 Å². The Hall–Kier alpha value is -1.99. The largest absolute Gasteiger partial charge is 0.348 e. The Kier molecular flexibility index (Phi) is 5.22. The number of nitrogens with one attached hydrogen (secondary N) is 1. The van der Waals surface area contributed by atoms with E-state index >= 15 is 0 Å². The van der Waals surface area contributed by atoms with Gasteiger partial charge in [-0.25, -0.2) is 15.0 Å². The molecule has 2 aromatic rings. The van der Waals surface area contributed by atoms with E-state index in [0.29, 0.717) is 12.5 Å². The maximum absolute atomic E-state index is 4.63. The lowest BCUT2D eigenvalue weighted by atomic mass is 10.3. The van der Waals surface area contributed by atoms with Crippen molar-refractivity contribution in [3.8, 4) is 0 Å². The molecule has 0 aromatic carbocycles. The third kappa shape index (κ3) is 4.16. The van der Waals surface area contributed by atoms with Gasteiger partial charge in [-0.3, -0.25) is 4.90 Å². The van der Waals surface area contributed by atoms with E-state index in [-0.39, 0.29) is 0 Å². The van der Waals surface area contributed by atoms with E-state index in [9.17, 15) is 0 Å². The molecule has 0 aliphatic carbocycles. The van der Waals surface area contributed by atoms with Gasteiger partial charge in [0.15, 0.2) is 0 Å². The fourth-order valence-electron chi connectivity index (χ4n) is 3.76. The minimum absolute atomic E-state index is 0.656. The summed E-state index contributed by atoms with van der Waals surface area (Å²) < 4.78 is 2.32. The molecular formula is C18H27N7. The van der Waals surface area contributed by atoms with Gasteiger partial charge in [-0.2, -0.15) is 0 Å². The first kappa shape index (κ1) is 16.5. The van der Waals surface area contributed by atoms with Crippen LogP contribution in [0.5, 0.6) is 0 Å². The summed E-state index contributed by atoms with van der Waals surface area (Å²) in [6, 6.07) is 1.83. The van der Waals surface area contributed by atoms with E-state index in [4.69, 9.17) is 0 Å². The normalized spacial score (nSPS) is 18.9. The molecule has 134 valence electrons. The molecule has 0 radical (unpaired) electrons. The van der Waals surface area contributed by atoms with Gasteiger partial charge in [0.25, 0.3) is 0 Å². The second-order valence-electron chi connectivity index (χ2n) is 6.94. The average molecular weight is 341 g/mol. The third-order valence-electron chi connectivity index (χ3n) is 5.19. The van der Waals surface area contributed by atoms with Crippen LogP contribution >= 0.6 is 0 Å². The van der Waals surface area contributed by atoms with Crippen LogP contribution in [0.25, 0.3) is 0 Å². The highest BCUT2D eigenvalue weighted by Crippen LogP contribution is 2.17. The Bertz CT molecular complexity index is 663. The average Bonchev–Trinajstić information content (AvgIpc) is 3.25. The molecule has 7 nitrogen and oxygen atoms in total. The second kappa shape index (κ2) is 7.93. The van der Waals surface area contributed by atoms with Crippen LogP contribution in [0.1, 0.15) is 30.7 Å². The Morgan fingerprint density at radius 3 is 2.48 bits per heavy atom. The monoisotopic (exact) mass is 341 g/mol. The molecule has 1 fully saturated rings. The molecule has 1 N–H and O–H groups in total. The van der Waals surface area contributed by atoms with E-state index in [1.807, 2.05) is 12.4 Å². The predicted octanol–water partition coefficient (Wildman–Crippen LogP) is 1.59. The maximum atomic E-state index is 4.63. The topological polar surface area (TPSA) is 62.1 Å². The smallest absolute Gasteiger partial charge is 0.222 e. The van der Waals surface area contributed by atoms with E-state index in [0.717, 1.165) is 25.3 Å². The summed E-state index contributed by atoms with van der Waals surface area (Å²) in [7, 11) is 0. The molecule has 4 heterocycles. The van der Waals surface area contributed by atoms with Crippen LogP contribution in [-0.4, -0.2) is 62.0 Å². The van der Waals surface area contributed by atoms with Crippen LogP contribution in [0.2, 0.25) is 0 Å². The highest BCUT2D eigenvalue weighted by atomic mass is 15.2. The molecule has 0 amide bonds. The van der Waals surface area contributed by atoms with Gasteiger partial charge >= 0.3 is 0 Å². The van der Waals surface area contributed by atoms with Crippen LogP contribution in [0.15, 0.2) is 24.8 Å². The van der Waals surface area contributed by atoms with Gasteiger partial charge in [0.05, 0.1) is 24.3 Å². The summed E-state index contributed by atoms with van der Waals surface area (Å²) in [5, 5.41) is 3.28. The zero-order valence-corrected chi connectivity index (χ0v) is 14.8. The number of rotatable bonds is 6. The van der Waals surface area contributed by atoms with E-state index in [1.54, 1.807) is 12.4 Å². The molecule has 1 saturated heterocycles. The number of aromatic nitrogens is 4. The lowest BCUT2D eigenvalue weighted by molar-refractivity contribution is 0.220. The van der Waals surface area contributed by atoms with Crippen LogP contribution in [0, 0.1) is 0 Å². The van der Waals surface area contributed by atoms with E-state index in [1.165, 1.54) is 51.1 Å². The first-order chi connectivity index (χ1) is 12.4. The Labute approximate surface area is 149 Å². The van der Waals surface area contributed by atoms with Crippen molar-refractivity contribution in [2.75, 3.05) is 38.0 Å². The molecular weight excluding hydrogens is 314 g/mol. The van der Waals surface area contributed by atoms with Gasteiger partial charge in [-0.15, -0.1) is 0 Å². The van der Waals surface area contributed by atoms with Crippen molar-refractivity contribution >= 4 is 5.95 Å². The first-order valence-electron chi connectivity index (χ1n) is 9.37. The Morgan fingerprint density at radius 1 is 0.880 bits per heavy atom. The number of imidazole rings is 1. The zero-order valence-electron chi connectivity index (χ0n) is 14.8. The minimum Gasteiger partial charge on any atom is -0.348 e. The summed E-state index contributed by atoms with van der Waals surface area (Å²) in [5.74, 6) is 0.656. The third-order valence-corrected chi connectivity index (χ3v) is 5.19. The number of anilines is 1. The van der Waals surface area contributed by atoms with Crippen molar-refractivity contribution < 1.29 is 0 Å². The van der Waals surface area contributed by atoms with Gasteiger partial charge in [-0.1, -0.05) is 0 Å². The highest BCUT2D eigenvalue weighted by Gasteiger charge is 2.20. The van der Waals surface area contributed by atoms with Crippen LogP contribution < -0.4 is 5.32 Å². The van der Waals surface area contributed by atoms with Crippen molar-refractivity contribution in [3.05, 3.63) is 36.2 Å². The van der Waals surface area contributed by atoms with Crippen molar-refractivity contribution in [2.45, 2.75) is 38.9 Å². The van der Waals surface area contributed by atoms with Crippen LogP contribution in [0.4, 0.5) is 5.95 Å². The second-order valence-corrected chi connectivity index (χ2v) is 6.94. The first-order valence-corrected chi connectivity index (χ1v) is 9.37. The lowest BCUT2D eigenvalue weighted by Crippen LogP contribution is -2.33. The van der Waals surface area contributed by atoms with Gasteiger partial charge in [0.1, 0.15) is 0 Å². The molecule has 0 spiro atoms. The van der Waals surface area contributed by atoms with Crippen molar-refractivity contribution in [3.63, 3.8) is 0 Å². The molecule has 7 heteroatoms. The number of fused-ring (bicyclic) bond motifs is 1. The summed E-state index contributed by atoms with van der Waals surface area (Å²) in [5.41, 5.74) is 2.45. The lowest BCUT2D eigenvalue weighted by Gasteiger charge is -2.23. The van der Waals surface area contributed by atoms with Gasteiger partial charge in [0, 0.05) is 45.1 Å². The van der Waals surface area contributed by atoms with Gasteiger partial charge in [-0.05, 0) is 38.4 Å².